The molecule has 0 radical (unpaired) electrons. The van der Waals surface area contributed by atoms with Gasteiger partial charge < -0.3 is 9.64 Å². The number of fused-ring (bicyclic) bond motifs is 1. The van der Waals surface area contributed by atoms with Crippen molar-refractivity contribution >= 4 is 16.8 Å². The number of amides is 1. The molecule has 0 atom stereocenters. The fourth-order valence-corrected chi connectivity index (χ4v) is 2.37. The number of benzene rings is 1. The van der Waals surface area contributed by atoms with Gasteiger partial charge in [-0.25, -0.2) is 0 Å². The Kier molecular flexibility index (Phi) is 5.01. The van der Waals surface area contributed by atoms with E-state index in [0.717, 1.165) is 22.9 Å². The monoisotopic (exact) mass is 321 g/mol. The molecule has 2 aromatic heterocycles. The average molecular weight is 321 g/mol. The highest BCUT2D eigenvalue weighted by Gasteiger charge is 2.10. The highest BCUT2D eigenvalue weighted by molar-refractivity contribution is 5.80. The molecule has 3 rings (SSSR count). The molecular formula is C19H19N3O2. The zero-order chi connectivity index (χ0) is 16.8. The van der Waals surface area contributed by atoms with Crippen molar-refractivity contribution in [2.75, 3.05) is 20.2 Å². The summed E-state index contributed by atoms with van der Waals surface area (Å²) in [5.41, 5.74) is 2.07. The molecule has 24 heavy (non-hydrogen) atoms. The molecule has 0 N–H and O–H groups in total. The summed E-state index contributed by atoms with van der Waals surface area (Å²) in [4.78, 5) is 22.1. The number of likely N-dealkylation sites (N-methyl/N-ethyl adjacent to an activating group) is 1. The summed E-state index contributed by atoms with van der Waals surface area (Å²) in [5, 5.41) is 0.994. The molecular weight excluding hydrogens is 302 g/mol. The third kappa shape index (κ3) is 4.07. The molecule has 5 nitrogen and oxygen atoms in total. The van der Waals surface area contributed by atoms with E-state index in [0.29, 0.717) is 12.3 Å². The predicted molar refractivity (Wildman–Crippen MR) is 92.8 cm³/mol. The van der Waals surface area contributed by atoms with Crippen molar-refractivity contribution < 1.29 is 9.53 Å². The van der Waals surface area contributed by atoms with E-state index in [1.165, 1.54) is 0 Å². The molecule has 0 bridgehead atoms. The summed E-state index contributed by atoms with van der Waals surface area (Å²) < 4.78 is 5.62. The molecule has 0 unspecified atom stereocenters. The minimum atomic E-state index is -0.0460. The van der Waals surface area contributed by atoms with Gasteiger partial charge in [-0.05, 0) is 48.4 Å². The third-order valence-corrected chi connectivity index (χ3v) is 3.85. The largest absolute Gasteiger partial charge is 0.484 e. The Hall–Kier alpha value is -2.95. The third-order valence-electron chi connectivity index (χ3n) is 3.85. The van der Waals surface area contributed by atoms with Gasteiger partial charge in [-0.15, -0.1) is 0 Å². The molecule has 0 fully saturated rings. The van der Waals surface area contributed by atoms with Crippen LogP contribution in [0.1, 0.15) is 5.56 Å². The van der Waals surface area contributed by atoms with Gasteiger partial charge in [-0.3, -0.25) is 14.8 Å². The topological polar surface area (TPSA) is 55.3 Å². The Labute approximate surface area is 140 Å². The van der Waals surface area contributed by atoms with Gasteiger partial charge in [0, 0.05) is 37.6 Å². The van der Waals surface area contributed by atoms with E-state index in [1.54, 1.807) is 30.5 Å². The Balaban J connectivity index is 1.52. The number of carbonyl (C=O) groups excluding carboxylic acids is 1. The normalized spacial score (nSPS) is 10.5. The van der Waals surface area contributed by atoms with Crippen LogP contribution in [0.25, 0.3) is 10.9 Å². The summed E-state index contributed by atoms with van der Waals surface area (Å²) in [7, 11) is 1.79. The van der Waals surface area contributed by atoms with Gasteiger partial charge in [0.05, 0.1) is 5.52 Å². The molecule has 5 heteroatoms. The molecule has 0 aliphatic rings. The van der Waals surface area contributed by atoms with Crippen LogP contribution in [-0.4, -0.2) is 41.0 Å². The van der Waals surface area contributed by atoms with Crippen LogP contribution in [0.3, 0.4) is 0 Å². The molecule has 1 amide bonds. The minimum Gasteiger partial charge on any atom is -0.484 e. The molecule has 0 spiro atoms. The minimum absolute atomic E-state index is 0.0264. The first kappa shape index (κ1) is 15.9. The Morgan fingerprint density at radius 2 is 1.96 bits per heavy atom. The number of nitrogens with zero attached hydrogens (tertiary/aromatic N) is 3. The van der Waals surface area contributed by atoms with Gasteiger partial charge in [0.25, 0.3) is 5.91 Å². The lowest BCUT2D eigenvalue weighted by molar-refractivity contribution is -0.132. The Morgan fingerprint density at radius 1 is 1.12 bits per heavy atom. The van der Waals surface area contributed by atoms with Gasteiger partial charge in [0.1, 0.15) is 5.75 Å². The summed E-state index contributed by atoms with van der Waals surface area (Å²) in [5.74, 6) is 0.627. The standard InChI is InChI=1S/C19H19N3O2/c1-22(12-8-15-6-10-20-11-7-15)19(23)14-24-17-4-5-18-16(13-17)3-2-9-21-18/h2-7,9-11,13H,8,12,14H2,1H3. The van der Waals surface area contributed by atoms with E-state index < -0.39 is 0 Å². The summed E-state index contributed by atoms with van der Waals surface area (Å²) >= 11 is 0. The van der Waals surface area contributed by atoms with E-state index >= 15 is 0 Å². The van der Waals surface area contributed by atoms with Crippen LogP contribution in [0.4, 0.5) is 0 Å². The lowest BCUT2D eigenvalue weighted by Crippen LogP contribution is -2.33. The predicted octanol–water partition coefficient (Wildman–Crippen LogP) is 2.71. The second kappa shape index (κ2) is 7.55. The number of hydrogen-bond donors (Lipinski definition) is 0. The lowest BCUT2D eigenvalue weighted by atomic mass is 10.2. The smallest absolute Gasteiger partial charge is 0.260 e. The molecule has 0 aliphatic heterocycles. The number of carbonyl (C=O) groups is 1. The van der Waals surface area contributed by atoms with Gasteiger partial charge >= 0.3 is 0 Å². The van der Waals surface area contributed by atoms with E-state index in [1.807, 2.05) is 42.5 Å². The quantitative estimate of drug-likeness (QED) is 0.700. The van der Waals surface area contributed by atoms with Crippen LogP contribution >= 0.6 is 0 Å². The second-order valence-corrected chi connectivity index (χ2v) is 5.57. The molecule has 1 aromatic carbocycles. The van der Waals surface area contributed by atoms with Crippen LogP contribution in [-0.2, 0) is 11.2 Å². The first-order chi connectivity index (χ1) is 11.7. The van der Waals surface area contributed by atoms with Crippen LogP contribution in [0.15, 0.2) is 61.1 Å². The van der Waals surface area contributed by atoms with Crippen molar-refractivity contribution in [1.29, 1.82) is 0 Å². The zero-order valence-electron chi connectivity index (χ0n) is 13.6. The van der Waals surface area contributed by atoms with E-state index in [9.17, 15) is 4.79 Å². The number of ether oxygens (including phenoxy) is 1. The molecule has 0 saturated carbocycles. The highest BCUT2D eigenvalue weighted by atomic mass is 16.5. The van der Waals surface area contributed by atoms with Gasteiger partial charge in [-0.2, -0.15) is 0 Å². The van der Waals surface area contributed by atoms with Crippen LogP contribution in [0, 0.1) is 0 Å². The van der Waals surface area contributed by atoms with Crippen LogP contribution in [0.5, 0.6) is 5.75 Å². The molecule has 0 aliphatic carbocycles. The average Bonchev–Trinajstić information content (AvgIpc) is 2.64. The maximum atomic E-state index is 12.2. The Bertz CT molecular complexity index is 821. The van der Waals surface area contributed by atoms with E-state index in [4.69, 9.17) is 4.74 Å². The van der Waals surface area contributed by atoms with Gasteiger partial charge in [0.15, 0.2) is 6.61 Å². The van der Waals surface area contributed by atoms with Crippen molar-refractivity contribution in [3.05, 3.63) is 66.6 Å². The maximum Gasteiger partial charge on any atom is 0.260 e. The SMILES string of the molecule is CN(CCc1ccncc1)C(=O)COc1ccc2ncccc2c1. The van der Waals surface area contributed by atoms with Crippen LogP contribution < -0.4 is 4.74 Å². The number of pyridine rings is 2. The van der Waals surface area contributed by atoms with Crippen LogP contribution in [0.2, 0.25) is 0 Å². The van der Waals surface area contributed by atoms with Crippen molar-refractivity contribution in [2.45, 2.75) is 6.42 Å². The first-order valence-electron chi connectivity index (χ1n) is 7.83. The number of hydrogen-bond acceptors (Lipinski definition) is 4. The second-order valence-electron chi connectivity index (χ2n) is 5.57. The fourth-order valence-electron chi connectivity index (χ4n) is 2.37. The van der Waals surface area contributed by atoms with Crippen molar-refractivity contribution in [1.82, 2.24) is 14.9 Å². The first-order valence-corrected chi connectivity index (χ1v) is 7.83. The zero-order valence-corrected chi connectivity index (χ0v) is 13.6. The molecule has 3 aromatic rings. The fraction of sp³-hybridized carbons (Fsp3) is 0.211. The summed E-state index contributed by atoms with van der Waals surface area (Å²) in [6.45, 7) is 0.673. The number of aromatic nitrogens is 2. The van der Waals surface area contributed by atoms with E-state index in [-0.39, 0.29) is 12.5 Å². The maximum absolute atomic E-state index is 12.2. The Morgan fingerprint density at radius 3 is 2.79 bits per heavy atom. The molecule has 2 heterocycles. The lowest BCUT2D eigenvalue weighted by Gasteiger charge is -2.17. The molecule has 122 valence electrons. The number of rotatable bonds is 6. The summed E-state index contributed by atoms with van der Waals surface area (Å²) in [6, 6.07) is 13.4. The van der Waals surface area contributed by atoms with Gasteiger partial charge in [0.2, 0.25) is 0 Å². The highest BCUT2D eigenvalue weighted by Crippen LogP contribution is 2.18. The van der Waals surface area contributed by atoms with E-state index in [2.05, 4.69) is 9.97 Å². The van der Waals surface area contributed by atoms with Crippen molar-refractivity contribution in [3.8, 4) is 5.75 Å². The summed E-state index contributed by atoms with van der Waals surface area (Å²) in [6.07, 6.45) is 6.07. The molecule has 0 saturated heterocycles. The van der Waals surface area contributed by atoms with Crippen molar-refractivity contribution in [2.24, 2.45) is 0 Å². The van der Waals surface area contributed by atoms with Crippen molar-refractivity contribution in [3.63, 3.8) is 0 Å². The van der Waals surface area contributed by atoms with Gasteiger partial charge in [-0.1, -0.05) is 6.07 Å².